The predicted octanol–water partition coefficient (Wildman–Crippen LogP) is 4.12. The normalized spacial score (nSPS) is 34.7. The number of nitrogens with zero attached hydrogens (tertiary/aromatic N) is 1. The second-order valence-electron chi connectivity index (χ2n) is 8.92. The number of para-hydroxylation sites is 1. The van der Waals surface area contributed by atoms with Crippen LogP contribution in [0.1, 0.15) is 36.8 Å². The van der Waals surface area contributed by atoms with E-state index in [1.807, 2.05) is 18.2 Å². The Morgan fingerprint density at radius 3 is 2.26 bits per heavy atom. The van der Waals surface area contributed by atoms with Gasteiger partial charge in [-0.2, -0.15) is 0 Å². The third-order valence-electron chi connectivity index (χ3n) is 8.05. The maximum Gasteiger partial charge on any atom is 0.147 e. The van der Waals surface area contributed by atoms with Crippen molar-refractivity contribution >= 4 is 22.5 Å². The fourth-order valence-electron chi connectivity index (χ4n) is 7.02. The summed E-state index contributed by atoms with van der Waals surface area (Å²) >= 11 is 0. The Labute approximate surface area is 156 Å². The van der Waals surface area contributed by atoms with Crippen LogP contribution in [-0.2, 0) is 20.4 Å². The molecule has 3 nitrogen and oxygen atoms in total. The second-order valence-corrected chi connectivity index (χ2v) is 8.92. The van der Waals surface area contributed by atoms with Gasteiger partial charge in [0.15, 0.2) is 0 Å². The molecule has 0 aliphatic heterocycles. The molecule has 4 aliphatic carbocycles. The Morgan fingerprint density at radius 1 is 0.778 bits per heavy atom. The number of ketones is 2. The minimum absolute atomic E-state index is 0.166. The zero-order valence-corrected chi connectivity index (χ0v) is 14.8. The summed E-state index contributed by atoms with van der Waals surface area (Å²) in [6.07, 6.45) is 2.36. The highest BCUT2D eigenvalue weighted by Crippen LogP contribution is 2.78. The Morgan fingerprint density at radius 2 is 1.44 bits per heavy atom. The van der Waals surface area contributed by atoms with Gasteiger partial charge < -0.3 is 0 Å². The zero-order valence-electron chi connectivity index (χ0n) is 14.8. The molecule has 130 valence electrons. The van der Waals surface area contributed by atoms with Crippen LogP contribution in [0.5, 0.6) is 0 Å². The Bertz CT molecular complexity index is 1240. The molecule has 0 N–H and O–H groups in total. The van der Waals surface area contributed by atoms with E-state index in [4.69, 9.17) is 4.98 Å². The van der Waals surface area contributed by atoms with Crippen molar-refractivity contribution in [3.8, 4) is 11.3 Å². The second kappa shape index (κ2) is 4.04. The highest BCUT2D eigenvalue weighted by molar-refractivity contribution is 6.15. The molecule has 3 atom stereocenters. The van der Waals surface area contributed by atoms with Crippen molar-refractivity contribution in [2.75, 3.05) is 0 Å². The summed E-state index contributed by atoms with van der Waals surface area (Å²) in [4.78, 5) is 31.0. The van der Waals surface area contributed by atoms with Gasteiger partial charge in [0.2, 0.25) is 0 Å². The number of hydrogen-bond acceptors (Lipinski definition) is 3. The van der Waals surface area contributed by atoms with Crippen LogP contribution in [0.25, 0.3) is 22.2 Å². The van der Waals surface area contributed by atoms with Gasteiger partial charge >= 0.3 is 0 Å². The maximum absolute atomic E-state index is 13.0. The molecule has 3 spiro atoms. The number of rotatable bonds is 0. The largest absolute Gasteiger partial charge is 0.299 e. The van der Waals surface area contributed by atoms with Gasteiger partial charge in [-0.3, -0.25) is 9.59 Å². The number of pyridine rings is 1. The summed E-state index contributed by atoms with van der Waals surface area (Å²) in [6, 6.07) is 18.9. The van der Waals surface area contributed by atoms with Gasteiger partial charge in [-0.1, -0.05) is 42.5 Å². The van der Waals surface area contributed by atoms with Gasteiger partial charge in [0.05, 0.1) is 16.6 Å². The first kappa shape index (κ1) is 14.3. The van der Waals surface area contributed by atoms with Crippen LogP contribution in [0.2, 0.25) is 0 Å². The van der Waals surface area contributed by atoms with Crippen LogP contribution in [-0.4, -0.2) is 16.6 Å². The van der Waals surface area contributed by atoms with Crippen LogP contribution in [0.15, 0.2) is 54.6 Å². The van der Waals surface area contributed by atoms with Crippen LogP contribution < -0.4 is 0 Å². The molecule has 3 saturated carbocycles. The Balaban J connectivity index is 1.67. The van der Waals surface area contributed by atoms with Gasteiger partial charge in [-0.25, -0.2) is 4.98 Å². The van der Waals surface area contributed by atoms with E-state index in [9.17, 15) is 9.59 Å². The summed E-state index contributed by atoms with van der Waals surface area (Å²) in [5.41, 5.74) is 4.34. The van der Waals surface area contributed by atoms with E-state index >= 15 is 0 Å². The molecule has 2 aromatic carbocycles. The van der Waals surface area contributed by atoms with E-state index in [2.05, 4.69) is 36.4 Å². The van der Waals surface area contributed by atoms with E-state index < -0.39 is 5.41 Å². The minimum atomic E-state index is -0.736. The summed E-state index contributed by atoms with van der Waals surface area (Å²) in [5, 5.41) is 1.11. The summed E-state index contributed by atoms with van der Waals surface area (Å²) in [7, 11) is 0. The van der Waals surface area contributed by atoms with E-state index in [1.165, 1.54) is 11.1 Å². The molecule has 0 saturated heterocycles. The number of fused-ring (bicyclic) bond motifs is 4. The molecule has 3 aromatic rings. The summed E-state index contributed by atoms with van der Waals surface area (Å²) < 4.78 is 0. The highest BCUT2D eigenvalue weighted by Gasteiger charge is 2.80. The summed E-state index contributed by atoms with van der Waals surface area (Å²) in [5.74, 6) is 0.340. The first-order valence-corrected chi connectivity index (χ1v) is 9.67. The lowest BCUT2D eigenvalue weighted by atomic mass is 9.52. The third-order valence-corrected chi connectivity index (χ3v) is 8.05. The first-order valence-electron chi connectivity index (χ1n) is 9.67. The van der Waals surface area contributed by atoms with E-state index in [-0.39, 0.29) is 22.4 Å². The zero-order chi connectivity index (χ0) is 18.0. The van der Waals surface area contributed by atoms with E-state index in [0.29, 0.717) is 25.7 Å². The molecule has 2 unspecified atom stereocenters. The van der Waals surface area contributed by atoms with Crippen molar-refractivity contribution in [1.29, 1.82) is 0 Å². The van der Waals surface area contributed by atoms with Gasteiger partial charge in [-0.15, -0.1) is 0 Å². The predicted molar refractivity (Wildman–Crippen MR) is 101 cm³/mol. The number of hydrogen-bond donors (Lipinski definition) is 0. The highest BCUT2D eigenvalue weighted by atomic mass is 16.2. The lowest BCUT2D eigenvalue weighted by Gasteiger charge is -2.50. The topological polar surface area (TPSA) is 47.0 Å². The molecule has 4 aliphatic rings. The van der Waals surface area contributed by atoms with Crippen LogP contribution in [0, 0.1) is 5.41 Å². The van der Waals surface area contributed by atoms with Crippen molar-refractivity contribution < 1.29 is 9.59 Å². The minimum Gasteiger partial charge on any atom is -0.299 e. The molecule has 0 radical (unpaired) electrons. The molecule has 3 heteroatoms. The maximum atomic E-state index is 13.0. The number of aromatic nitrogens is 1. The molecule has 1 aromatic heterocycles. The van der Waals surface area contributed by atoms with Crippen molar-refractivity contribution in [2.24, 2.45) is 5.41 Å². The van der Waals surface area contributed by atoms with Crippen LogP contribution in [0.3, 0.4) is 0 Å². The van der Waals surface area contributed by atoms with Crippen molar-refractivity contribution in [3.05, 3.63) is 65.7 Å². The third kappa shape index (κ3) is 1.28. The fraction of sp³-hybridized carbons (Fsp3) is 0.292. The fourth-order valence-corrected chi connectivity index (χ4v) is 7.02. The van der Waals surface area contributed by atoms with E-state index in [0.717, 1.165) is 22.2 Å². The van der Waals surface area contributed by atoms with Crippen molar-refractivity contribution in [1.82, 2.24) is 4.98 Å². The quantitative estimate of drug-likeness (QED) is 0.573. The smallest absolute Gasteiger partial charge is 0.147 e. The number of Topliss-reactive ketones (excluding diaryl/α,β-unsaturated/α-hetero) is 2. The Kier molecular flexibility index (Phi) is 2.13. The Hall–Kier alpha value is -2.81. The van der Waals surface area contributed by atoms with Gasteiger partial charge in [0.1, 0.15) is 11.6 Å². The molecule has 27 heavy (non-hydrogen) atoms. The standard InChI is InChI=1S/C24H17NO2/c26-19-10-23-12-22(19)13-24(23,11-20(22)27)17-9-14-5-1-4-8-18(14)25-21(17)15-6-2-3-7-16(15)23/h1-9H,10-13H2/t22-,23?,24?/m1/s1. The van der Waals surface area contributed by atoms with Crippen molar-refractivity contribution in [3.63, 3.8) is 0 Å². The molecular formula is C24H17NO2. The van der Waals surface area contributed by atoms with Gasteiger partial charge in [-0.05, 0) is 36.1 Å². The molecule has 7 rings (SSSR count). The average Bonchev–Trinajstić information content (AvgIpc) is 3.26. The number of benzene rings is 2. The lowest BCUT2D eigenvalue weighted by Crippen LogP contribution is -2.48. The molecule has 3 fully saturated rings. The SMILES string of the molecule is O=C1CC23C[C@@]14CC2(CC4=O)c1cc2ccccc2nc1-c1ccccc13. The number of carbonyl (C=O) groups excluding carboxylic acids is 2. The lowest BCUT2D eigenvalue weighted by molar-refractivity contribution is -0.136. The molecule has 3 bridgehead atoms. The van der Waals surface area contributed by atoms with Gasteiger partial charge in [0.25, 0.3) is 0 Å². The van der Waals surface area contributed by atoms with Crippen LogP contribution >= 0.6 is 0 Å². The summed E-state index contributed by atoms with van der Waals surface area (Å²) in [6.45, 7) is 0. The van der Waals surface area contributed by atoms with Gasteiger partial charge in [0, 0.05) is 34.6 Å². The molecule has 1 heterocycles. The first-order chi connectivity index (χ1) is 13.1. The molecular weight excluding hydrogens is 334 g/mol. The van der Waals surface area contributed by atoms with Crippen molar-refractivity contribution in [2.45, 2.75) is 36.5 Å². The van der Waals surface area contributed by atoms with E-state index in [1.54, 1.807) is 0 Å². The molecule has 0 amide bonds. The number of carbonyl (C=O) groups is 2. The van der Waals surface area contributed by atoms with Crippen LogP contribution in [0.4, 0.5) is 0 Å². The monoisotopic (exact) mass is 351 g/mol. The average molecular weight is 351 g/mol.